The summed E-state index contributed by atoms with van der Waals surface area (Å²) in [5.41, 5.74) is 0.700. The minimum atomic E-state index is 0.0841. The van der Waals surface area contributed by atoms with Gasteiger partial charge in [-0.1, -0.05) is 11.6 Å². The van der Waals surface area contributed by atoms with Gasteiger partial charge in [-0.25, -0.2) is 4.98 Å². The van der Waals surface area contributed by atoms with Crippen molar-refractivity contribution in [3.05, 3.63) is 32.9 Å². The Morgan fingerprint density at radius 1 is 1.40 bits per heavy atom. The molecule has 1 N–H and O–H groups in total. The molecule has 0 unspecified atom stereocenters. The van der Waals surface area contributed by atoms with Crippen LogP contribution in [0.15, 0.2) is 23.0 Å². The summed E-state index contributed by atoms with van der Waals surface area (Å²) in [5.74, 6) is 0.0841. The normalized spacial score (nSPS) is 16.4. The van der Waals surface area contributed by atoms with Gasteiger partial charge < -0.3 is 10.2 Å². The molecule has 2 aromatic heterocycles. The fraction of sp³-hybridized carbons (Fsp3) is 0.385. The van der Waals surface area contributed by atoms with Crippen LogP contribution in [-0.4, -0.2) is 34.9 Å². The lowest BCUT2D eigenvalue weighted by atomic mass is 10.0. The Morgan fingerprint density at radius 2 is 2.20 bits per heavy atom. The minimum absolute atomic E-state index is 0.0841. The average molecular weight is 328 g/mol. The molecule has 0 radical (unpaired) electrons. The van der Waals surface area contributed by atoms with Crippen LogP contribution in [0, 0.1) is 0 Å². The van der Waals surface area contributed by atoms with Gasteiger partial charge in [0.15, 0.2) is 5.13 Å². The van der Waals surface area contributed by atoms with E-state index in [1.165, 1.54) is 11.3 Å². The first-order valence-electron chi connectivity index (χ1n) is 6.42. The Kier molecular flexibility index (Phi) is 4.24. The summed E-state index contributed by atoms with van der Waals surface area (Å²) in [6.45, 7) is 1.55. The topological polar surface area (TPSA) is 45.2 Å². The Balaban J connectivity index is 1.54. The fourth-order valence-corrected chi connectivity index (χ4v) is 3.76. The molecular formula is C13H14ClN3OS2. The monoisotopic (exact) mass is 327 g/mol. The smallest absolute Gasteiger partial charge is 0.254 e. The number of carbonyl (C=O) groups is 1. The number of nitrogens with zero attached hydrogens (tertiary/aromatic N) is 2. The van der Waals surface area contributed by atoms with Crippen LogP contribution in [0.3, 0.4) is 0 Å². The van der Waals surface area contributed by atoms with Crippen molar-refractivity contribution in [2.24, 2.45) is 0 Å². The highest BCUT2D eigenvalue weighted by Gasteiger charge is 2.24. The van der Waals surface area contributed by atoms with Crippen LogP contribution in [0.25, 0.3) is 0 Å². The van der Waals surface area contributed by atoms with Crippen molar-refractivity contribution in [1.29, 1.82) is 0 Å². The van der Waals surface area contributed by atoms with Crippen molar-refractivity contribution in [3.8, 4) is 0 Å². The molecule has 0 spiro atoms. The zero-order valence-electron chi connectivity index (χ0n) is 10.7. The lowest BCUT2D eigenvalue weighted by Crippen LogP contribution is -2.42. The number of piperidine rings is 1. The van der Waals surface area contributed by atoms with E-state index in [0.29, 0.717) is 15.9 Å². The fourth-order valence-electron chi connectivity index (χ4n) is 2.30. The number of rotatable bonds is 3. The van der Waals surface area contributed by atoms with Gasteiger partial charge in [-0.3, -0.25) is 4.79 Å². The van der Waals surface area contributed by atoms with Crippen LogP contribution in [0.2, 0.25) is 4.34 Å². The van der Waals surface area contributed by atoms with Crippen LogP contribution in [0.4, 0.5) is 5.13 Å². The van der Waals surface area contributed by atoms with Crippen molar-refractivity contribution in [2.45, 2.75) is 18.9 Å². The molecule has 1 saturated heterocycles. The predicted molar refractivity (Wildman–Crippen MR) is 84.0 cm³/mol. The van der Waals surface area contributed by atoms with Gasteiger partial charge in [0.05, 0.1) is 9.90 Å². The summed E-state index contributed by atoms with van der Waals surface area (Å²) in [5, 5.41) is 8.16. The van der Waals surface area contributed by atoms with E-state index < -0.39 is 0 Å². The van der Waals surface area contributed by atoms with Crippen LogP contribution in [-0.2, 0) is 0 Å². The molecule has 1 fully saturated rings. The summed E-state index contributed by atoms with van der Waals surface area (Å²) in [6, 6.07) is 2.14. The molecule has 1 aliphatic heterocycles. The molecule has 2 aromatic rings. The summed E-state index contributed by atoms with van der Waals surface area (Å²) < 4.78 is 0.661. The number of likely N-dealkylation sites (tertiary alicyclic amines) is 1. The summed E-state index contributed by atoms with van der Waals surface area (Å²) in [4.78, 5) is 18.4. The predicted octanol–water partition coefficient (Wildman–Crippen LogP) is 3.57. The van der Waals surface area contributed by atoms with Crippen LogP contribution >= 0.6 is 34.3 Å². The summed E-state index contributed by atoms with van der Waals surface area (Å²) in [6.07, 6.45) is 3.69. The third kappa shape index (κ3) is 3.13. The van der Waals surface area contributed by atoms with Gasteiger partial charge in [-0.15, -0.1) is 22.7 Å². The molecule has 0 bridgehead atoms. The third-order valence-corrected chi connectivity index (χ3v) is 5.15. The number of carbonyl (C=O) groups excluding carboxylic acids is 1. The minimum Gasteiger partial charge on any atom is -0.359 e. The molecule has 0 aliphatic carbocycles. The molecule has 20 heavy (non-hydrogen) atoms. The first-order valence-corrected chi connectivity index (χ1v) is 8.55. The van der Waals surface area contributed by atoms with Gasteiger partial charge >= 0.3 is 0 Å². The molecule has 3 rings (SSSR count). The number of aromatic nitrogens is 1. The van der Waals surface area contributed by atoms with E-state index in [0.717, 1.165) is 31.1 Å². The molecule has 7 heteroatoms. The Morgan fingerprint density at radius 3 is 2.80 bits per heavy atom. The maximum Gasteiger partial charge on any atom is 0.254 e. The van der Waals surface area contributed by atoms with Crippen molar-refractivity contribution in [3.63, 3.8) is 0 Å². The van der Waals surface area contributed by atoms with E-state index in [4.69, 9.17) is 11.6 Å². The van der Waals surface area contributed by atoms with E-state index in [-0.39, 0.29) is 5.91 Å². The van der Waals surface area contributed by atoms with Gasteiger partial charge in [0.1, 0.15) is 0 Å². The number of hydrogen-bond donors (Lipinski definition) is 1. The molecule has 106 valence electrons. The second-order valence-electron chi connectivity index (χ2n) is 4.69. The number of anilines is 1. The summed E-state index contributed by atoms with van der Waals surface area (Å²) >= 11 is 8.88. The number of amides is 1. The van der Waals surface area contributed by atoms with Gasteiger partial charge in [-0.05, 0) is 18.9 Å². The molecule has 1 amide bonds. The molecule has 0 atom stereocenters. The Hall–Kier alpha value is -1.11. The van der Waals surface area contributed by atoms with E-state index in [2.05, 4.69) is 10.3 Å². The zero-order chi connectivity index (χ0) is 13.9. The lowest BCUT2D eigenvalue weighted by molar-refractivity contribution is 0.0719. The van der Waals surface area contributed by atoms with E-state index in [1.54, 1.807) is 23.6 Å². The van der Waals surface area contributed by atoms with E-state index >= 15 is 0 Å². The maximum absolute atomic E-state index is 12.3. The van der Waals surface area contributed by atoms with Crippen LogP contribution in [0.5, 0.6) is 0 Å². The SMILES string of the molecule is O=C(c1csc(Cl)c1)N1CCC(Nc2nccs2)CC1. The maximum atomic E-state index is 12.3. The van der Waals surface area contributed by atoms with Gasteiger partial charge in [-0.2, -0.15) is 0 Å². The molecule has 0 aromatic carbocycles. The summed E-state index contributed by atoms with van der Waals surface area (Å²) in [7, 11) is 0. The third-order valence-electron chi connectivity index (χ3n) is 3.36. The number of thiazole rings is 1. The quantitative estimate of drug-likeness (QED) is 0.937. The lowest BCUT2D eigenvalue weighted by Gasteiger charge is -2.32. The van der Waals surface area contributed by atoms with Crippen molar-refractivity contribution in [1.82, 2.24) is 9.88 Å². The molecule has 0 saturated carbocycles. The van der Waals surface area contributed by atoms with Crippen molar-refractivity contribution < 1.29 is 4.79 Å². The standard InChI is InChI=1S/C13H14ClN3OS2/c14-11-7-9(8-20-11)12(18)17-4-1-10(2-5-17)16-13-15-3-6-19-13/h3,6-8,10H,1-2,4-5H2,(H,15,16). The highest BCUT2D eigenvalue weighted by atomic mass is 35.5. The Labute approximate surface area is 130 Å². The zero-order valence-corrected chi connectivity index (χ0v) is 13.1. The van der Waals surface area contributed by atoms with Gasteiger partial charge in [0, 0.05) is 36.1 Å². The molecule has 4 nitrogen and oxygen atoms in total. The first-order chi connectivity index (χ1) is 9.72. The largest absolute Gasteiger partial charge is 0.359 e. The highest BCUT2D eigenvalue weighted by molar-refractivity contribution is 7.14. The van der Waals surface area contributed by atoms with Crippen LogP contribution in [0.1, 0.15) is 23.2 Å². The second kappa shape index (κ2) is 6.11. The van der Waals surface area contributed by atoms with Gasteiger partial charge in [0.2, 0.25) is 0 Å². The van der Waals surface area contributed by atoms with Gasteiger partial charge in [0.25, 0.3) is 5.91 Å². The number of halogens is 1. The van der Waals surface area contributed by atoms with E-state index in [9.17, 15) is 4.79 Å². The van der Waals surface area contributed by atoms with Crippen molar-refractivity contribution >= 4 is 45.3 Å². The average Bonchev–Trinajstić information content (AvgIpc) is 3.10. The molecule has 3 heterocycles. The Bertz CT molecular complexity index is 576. The van der Waals surface area contributed by atoms with E-state index in [1.807, 2.05) is 15.7 Å². The van der Waals surface area contributed by atoms with Crippen LogP contribution < -0.4 is 5.32 Å². The molecular weight excluding hydrogens is 314 g/mol. The number of hydrogen-bond acceptors (Lipinski definition) is 5. The number of nitrogens with one attached hydrogen (secondary N) is 1. The molecule has 1 aliphatic rings. The van der Waals surface area contributed by atoms with Crippen molar-refractivity contribution in [2.75, 3.05) is 18.4 Å². The number of thiophene rings is 1. The second-order valence-corrected chi connectivity index (χ2v) is 7.12. The first kappa shape index (κ1) is 13.9. The highest BCUT2D eigenvalue weighted by Crippen LogP contribution is 2.23.